The lowest BCUT2D eigenvalue weighted by atomic mass is 10.0. The Labute approximate surface area is 293 Å². The molecule has 0 aliphatic heterocycles. The molecule has 0 aromatic heterocycles. The van der Waals surface area contributed by atoms with Crippen LogP contribution in [0.2, 0.25) is 0 Å². The van der Waals surface area contributed by atoms with Crippen LogP contribution in [-0.4, -0.2) is 34.9 Å². The molecule has 4 nitrogen and oxygen atoms in total. The zero-order valence-corrected chi connectivity index (χ0v) is 31.5. The standard InChI is InChI=1S/C43H81NO3/c1-3-5-7-9-11-13-14-15-16-17-18-19-20-21-22-23-24-25-26-27-28-29-30-31-33-35-37-39-43(47)44-41(40-45)42(46)38-36-34-32-12-10-8-6-4-2/h14-15,17-18,36,38,41-42,45-46H,3-13,16,19-35,37,39-40H2,1-2H3,(H,44,47)/b15-14-,18-17-,38-36+. The van der Waals surface area contributed by atoms with Gasteiger partial charge in [0.05, 0.1) is 18.8 Å². The largest absolute Gasteiger partial charge is 0.394 e. The third-order valence-corrected chi connectivity index (χ3v) is 9.37. The molecule has 2 atom stereocenters. The predicted octanol–water partition coefficient (Wildman–Crippen LogP) is 12.6. The summed E-state index contributed by atoms with van der Waals surface area (Å²) in [5.41, 5.74) is 0. The maximum absolute atomic E-state index is 12.3. The molecule has 0 aliphatic rings. The van der Waals surface area contributed by atoms with Crippen LogP contribution in [-0.2, 0) is 4.79 Å². The average Bonchev–Trinajstić information content (AvgIpc) is 3.07. The van der Waals surface area contributed by atoms with Crippen molar-refractivity contribution in [1.82, 2.24) is 5.32 Å². The summed E-state index contributed by atoms with van der Waals surface area (Å²) in [7, 11) is 0. The number of amides is 1. The van der Waals surface area contributed by atoms with Crippen LogP contribution in [0.5, 0.6) is 0 Å². The smallest absolute Gasteiger partial charge is 0.220 e. The van der Waals surface area contributed by atoms with E-state index in [1.54, 1.807) is 6.08 Å². The third-order valence-electron chi connectivity index (χ3n) is 9.37. The van der Waals surface area contributed by atoms with Gasteiger partial charge >= 0.3 is 0 Å². The van der Waals surface area contributed by atoms with Crippen molar-refractivity contribution in [2.24, 2.45) is 0 Å². The van der Waals surface area contributed by atoms with E-state index < -0.39 is 12.1 Å². The number of hydrogen-bond donors (Lipinski definition) is 3. The number of carbonyl (C=O) groups excluding carboxylic acids is 1. The molecule has 0 radical (unpaired) electrons. The van der Waals surface area contributed by atoms with Gasteiger partial charge in [0, 0.05) is 6.42 Å². The van der Waals surface area contributed by atoms with Crippen LogP contribution < -0.4 is 5.32 Å². The van der Waals surface area contributed by atoms with Gasteiger partial charge < -0.3 is 15.5 Å². The number of unbranched alkanes of at least 4 members (excludes halogenated alkanes) is 26. The topological polar surface area (TPSA) is 69.6 Å². The second kappa shape index (κ2) is 39.1. The Morgan fingerprint density at radius 1 is 0.511 bits per heavy atom. The van der Waals surface area contributed by atoms with E-state index in [4.69, 9.17) is 0 Å². The van der Waals surface area contributed by atoms with Gasteiger partial charge in [-0.3, -0.25) is 4.79 Å². The lowest BCUT2D eigenvalue weighted by Crippen LogP contribution is -2.45. The molecule has 0 saturated heterocycles. The first-order valence-electron chi connectivity index (χ1n) is 20.7. The number of hydrogen-bond acceptors (Lipinski definition) is 3. The van der Waals surface area contributed by atoms with Crippen molar-refractivity contribution < 1.29 is 15.0 Å². The molecular formula is C43H81NO3. The summed E-state index contributed by atoms with van der Waals surface area (Å²) < 4.78 is 0. The minimum Gasteiger partial charge on any atom is -0.394 e. The number of nitrogens with one attached hydrogen (secondary N) is 1. The van der Waals surface area contributed by atoms with Crippen LogP contribution in [0.15, 0.2) is 36.5 Å². The first-order valence-corrected chi connectivity index (χ1v) is 20.7. The zero-order valence-electron chi connectivity index (χ0n) is 31.5. The summed E-state index contributed by atoms with van der Waals surface area (Å²) in [4.78, 5) is 12.3. The molecule has 276 valence electrons. The van der Waals surface area contributed by atoms with E-state index in [0.29, 0.717) is 6.42 Å². The summed E-state index contributed by atoms with van der Waals surface area (Å²) >= 11 is 0. The maximum atomic E-state index is 12.3. The molecule has 3 N–H and O–H groups in total. The van der Waals surface area contributed by atoms with E-state index in [9.17, 15) is 15.0 Å². The molecule has 0 rings (SSSR count). The van der Waals surface area contributed by atoms with Gasteiger partial charge in [-0.15, -0.1) is 0 Å². The monoisotopic (exact) mass is 660 g/mol. The highest BCUT2D eigenvalue weighted by Gasteiger charge is 2.17. The number of rotatable bonds is 37. The highest BCUT2D eigenvalue weighted by atomic mass is 16.3. The molecule has 0 saturated carbocycles. The van der Waals surface area contributed by atoms with Crippen molar-refractivity contribution in [1.29, 1.82) is 0 Å². The summed E-state index contributed by atoms with van der Waals surface area (Å²) in [5.74, 6) is -0.0676. The summed E-state index contributed by atoms with van der Waals surface area (Å²) in [6.45, 7) is 4.26. The molecule has 0 aliphatic carbocycles. The molecule has 0 aromatic carbocycles. The van der Waals surface area contributed by atoms with Gasteiger partial charge in [-0.05, 0) is 51.4 Å². The SMILES string of the molecule is CCCCCCC/C=C\C/C=C\CCCCCCCCCCCCCCCCCC(=O)NC(CO)C(O)/C=C/CCCCCCCC. The van der Waals surface area contributed by atoms with Gasteiger partial charge in [-0.1, -0.05) is 192 Å². The Hall–Kier alpha value is -1.39. The molecule has 2 unspecified atom stereocenters. The maximum Gasteiger partial charge on any atom is 0.220 e. The van der Waals surface area contributed by atoms with Gasteiger partial charge in [0.15, 0.2) is 0 Å². The van der Waals surface area contributed by atoms with Crippen LogP contribution in [0.4, 0.5) is 0 Å². The Morgan fingerprint density at radius 2 is 0.872 bits per heavy atom. The molecule has 0 heterocycles. The fraction of sp³-hybridized carbons (Fsp3) is 0.837. The lowest BCUT2D eigenvalue weighted by molar-refractivity contribution is -0.123. The third kappa shape index (κ3) is 35.7. The van der Waals surface area contributed by atoms with Crippen molar-refractivity contribution >= 4 is 5.91 Å². The summed E-state index contributed by atoms with van der Waals surface area (Å²) in [5, 5.41) is 22.8. The Morgan fingerprint density at radius 3 is 1.28 bits per heavy atom. The molecule has 0 spiro atoms. The summed E-state index contributed by atoms with van der Waals surface area (Å²) in [6.07, 6.45) is 51.2. The second-order valence-corrected chi connectivity index (χ2v) is 14.1. The fourth-order valence-corrected chi connectivity index (χ4v) is 6.15. The molecule has 0 bridgehead atoms. The normalized spacial score (nSPS) is 13.4. The van der Waals surface area contributed by atoms with Gasteiger partial charge in [0.2, 0.25) is 5.91 Å². The molecule has 4 heteroatoms. The van der Waals surface area contributed by atoms with Gasteiger partial charge in [0.25, 0.3) is 0 Å². The molecule has 0 aromatic rings. The minimum absolute atomic E-state index is 0.0676. The van der Waals surface area contributed by atoms with E-state index in [1.165, 1.54) is 161 Å². The van der Waals surface area contributed by atoms with Crippen molar-refractivity contribution in [3.63, 3.8) is 0 Å². The van der Waals surface area contributed by atoms with E-state index in [1.807, 2.05) is 6.08 Å². The van der Waals surface area contributed by atoms with Crippen LogP contribution in [0.25, 0.3) is 0 Å². The van der Waals surface area contributed by atoms with E-state index in [2.05, 4.69) is 43.5 Å². The van der Waals surface area contributed by atoms with Crippen molar-refractivity contribution in [3.8, 4) is 0 Å². The summed E-state index contributed by atoms with van der Waals surface area (Å²) in [6, 6.07) is -0.618. The molecule has 47 heavy (non-hydrogen) atoms. The number of carbonyl (C=O) groups is 1. The van der Waals surface area contributed by atoms with Gasteiger partial charge in [-0.2, -0.15) is 0 Å². The highest BCUT2D eigenvalue weighted by molar-refractivity contribution is 5.76. The number of aliphatic hydroxyl groups excluding tert-OH is 2. The Balaban J connectivity index is 3.46. The molecular weight excluding hydrogens is 578 g/mol. The van der Waals surface area contributed by atoms with Crippen LogP contribution in [0, 0.1) is 0 Å². The second-order valence-electron chi connectivity index (χ2n) is 14.1. The van der Waals surface area contributed by atoms with E-state index in [0.717, 1.165) is 32.1 Å². The van der Waals surface area contributed by atoms with Crippen LogP contribution in [0.1, 0.15) is 213 Å². The molecule has 0 fully saturated rings. The number of aliphatic hydroxyl groups is 2. The highest BCUT2D eigenvalue weighted by Crippen LogP contribution is 2.15. The van der Waals surface area contributed by atoms with E-state index in [-0.39, 0.29) is 12.5 Å². The fourth-order valence-electron chi connectivity index (χ4n) is 6.15. The van der Waals surface area contributed by atoms with Gasteiger partial charge in [0.1, 0.15) is 0 Å². The average molecular weight is 660 g/mol. The Kier molecular flexibility index (Phi) is 37.9. The van der Waals surface area contributed by atoms with Gasteiger partial charge in [-0.25, -0.2) is 0 Å². The van der Waals surface area contributed by atoms with E-state index >= 15 is 0 Å². The van der Waals surface area contributed by atoms with Crippen molar-refractivity contribution in [2.75, 3.05) is 6.61 Å². The number of allylic oxidation sites excluding steroid dienone is 5. The lowest BCUT2D eigenvalue weighted by Gasteiger charge is -2.20. The quantitative estimate of drug-likeness (QED) is 0.0459. The first kappa shape index (κ1) is 45.6. The predicted molar refractivity (Wildman–Crippen MR) is 207 cm³/mol. The van der Waals surface area contributed by atoms with Crippen LogP contribution >= 0.6 is 0 Å². The zero-order chi connectivity index (χ0) is 34.3. The first-order chi connectivity index (χ1) is 23.2. The molecule has 1 amide bonds. The Bertz CT molecular complexity index is 716. The minimum atomic E-state index is -0.834. The van der Waals surface area contributed by atoms with Crippen molar-refractivity contribution in [2.45, 2.75) is 225 Å². The van der Waals surface area contributed by atoms with Crippen molar-refractivity contribution in [3.05, 3.63) is 36.5 Å². The van der Waals surface area contributed by atoms with Crippen LogP contribution in [0.3, 0.4) is 0 Å².